The van der Waals surface area contributed by atoms with Crippen LogP contribution >= 0.6 is 11.6 Å². The molecule has 0 spiro atoms. The number of rotatable bonds is 7. The van der Waals surface area contributed by atoms with Crippen molar-refractivity contribution >= 4 is 34.2 Å². The second-order valence-electron chi connectivity index (χ2n) is 5.73. The maximum Gasteiger partial charge on any atom is 0.346 e. The molecule has 1 heterocycles. The van der Waals surface area contributed by atoms with Crippen LogP contribution in [0.3, 0.4) is 0 Å². The van der Waals surface area contributed by atoms with E-state index in [1.54, 1.807) is 13.1 Å². The molecule has 0 aliphatic rings. The maximum atomic E-state index is 12.2. The fraction of sp³-hybridized carbons (Fsp3) is 0.412. The Morgan fingerprint density at radius 3 is 2.87 bits per heavy atom. The van der Waals surface area contributed by atoms with Crippen LogP contribution in [0.2, 0.25) is 5.02 Å². The summed E-state index contributed by atoms with van der Waals surface area (Å²) < 4.78 is 5.16. The van der Waals surface area contributed by atoms with Crippen LogP contribution < -0.4 is 15.2 Å². The molecule has 0 atom stereocenters. The quantitative estimate of drug-likeness (QED) is 0.593. The SMILES string of the molecule is CCOC(=O)c1c[nH+]c2ccc(Cl)cc2c1NCCC[NH+](C)C. The summed E-state index contributed by atoms with van der Waals surface area (Å²) in [5.41, 5.74) is 2.19. The fourth-order valence-corrected chi connectivity index (χ4v) is 2.60. The number of quaternary nitrogens is 1. The third-order valence-electron chi connectivity index (χ3n) is 3.54. The summed E-state index contributed by atoms with van der Waals surface area (Å²) in [5, 5.41) is 4.91. The average Bonchev–Trinajstić information content (AvgIpc) is 2.51. The zero-order chi connectivity index (χ0) is 16.8. The van der Waals surface area contributed by atoms with Crippen molar-refractivity contribution < 1.29 is 19.4 Å². The molecule has 0 radical (unpaired) electrons. The molecule has 1 aromatic heterocycles. The summed E-state index contributed by atoms with van der Waals surface area (Å²) in [7, 11) is 4.24. The molecule has 23 heavy (non-hydrogen) atoms. The summed E-state index contributed by atoms with van der Waals surface area (Å²) in [6.07, 6.45) is 2.69. The molecule has 3 N–H and O–H groups in total. The number of H-pyrrole nitrogens is 1. The number of aromatic amines is 1. The number of hydrogen-bond acceptors (Lipinski definition) is 3. The number of anilines is 1. The van der Waals surface area contributed by atoms with Crippen molar-refractivity contribution in [3.05, 3.63) is 35.0 Å². The minimum atomic E-state index is -0.341. The average molecular weight is 338 g/mol. The number of hydrogen-bond donors (Lipinski definition) is 2. The van der Waals surface area contributed by atoms with Gasteiger partial charge < -0.3 is 15.0 Å². The van der Waals surface area contributed by atoms with Gasteiger partial charge in [0.25, 0.3) is 0 Å². The van der Waals surface area contributed by atoms with Crippen LogP contribution in [0.5, 0.6) is 0 Å². The lowest BCUT2D eigenvalue weighted by Gasteiger charge is -2.13. The smallest absolute Gasteiger partial charge is 0.346 e. The van der Waals surface area contributed by atoms with E-state index in [4.69, 9.17) is 16.3 Å². The Morgan fingerprint density at radius 1 is 1.39 bits per heavy atom. The van der Waals surface area contributed by atoms with Crippen molar-refractivity contribution in [2.45, 2.75) is 13.3 Å². The Kier molecular flexibility index (Phi) is 6.19. The molecule has 0 amide bonds. The number of nitrogens with one attached hydrogen (secondary N) is 3. The predicted molar refractivity (Wildman–Crippen MR) is 92.3 cm³/mol. The Hall–Kier alpha value is -1.85. The molecule has 5 nitrogen and oxygen atoms in total. The number of carbonyl (C=O) groups excluding carboxylic acids is 1. The van der Waals surface area contributed by atoms with Crippen molar-refractivity contribution in [2.75, 3.05) is 39.1 Å². The Morgan fingerprint density at radius 2 is 2.17 bits per heavy atom. The van der Waals surface area contributed by atoms with Crippen molar-refractivity contribution in [2.24, 2.45) is 0 Å². The number of aromatic nitrogens is 1. The van der Waals surface area contributed by atoms with Gasteiger partial charge in [0.05, 0.1) is 38.3 Å². The Balaban J connectivity index is 2.36. The minimum absolute atomic E-state index is 0.341. The van der Waals surface area contributed by atoms with Gasteiger partial charge in [0.1, 0.15) is 5.56 Å². The summed E-state index contributed by atoms with van der Waals surface area (Å²) >= 11 is 6.13. The molecular weight excluding hydrogens is 314 g/mol. The van der Waals surface area contributed by atoms with Crippen molar-refractivity contribution in [3.63, 3.8) is 0 Å². The monoisotopic (exact) mass is 337 g/mol. The van der Waals surface area contributed by atoms with Crippen LogP contribution in [0.15, 0.2) is 24.4 Å². The normalized spacial score (nSPS) is 11.0. The highest BCUT2D eigenvalue weighted by atomic mass is 35.5. The lowest BCUT2D eigenvalue weighted by molar-refractivity contribution is -0.858. The van der Waals surface area contributed by atoms with Crippen LogP contribution in [-0.4, -0.2) is 39.8 Å². The number of ether oxygens (including phenoxy) is 1. The molecule has 6 heteroatoms. The fourth-order valence-electron chi connectivity index (χ4n) is 2.43. The number of fused-ring (bicyclic) bond motifs is 1. The molecular formula is C17H24ClN3O2+2. The Bertz CT molecular complexity index is 689. The number of esters is 1. The van der Waals surface area contributed by atoms with Crippen LogP contribution in [0.25, 0.3) is 10.9 Å². The van der Waals surface area contributed by atoms with Crippen molar-refractivity contribution in [1.29, 1.82) is 0 Å². The van der Waals surface area contributed by atoms with Crippen molar-refractivity contribution in [1.82, 2.24) is 0 Å². The molecule has 0 saturated heterocycles. The van der Waals surface area contributed by atoms with E-state index < -0.39 is 0 Å². The highest BCUT2D eigenvalue weighted by Gasteiger charge is 2.20. The van der Waals surface area contributed by atoms with E-state index in [0.717, 1.165) is 36.1 Å². The standard InChI is InChI=1S/C17H22ClN3O2/c1-4-23-17(22)14-11-20-15-7-6-12(18)10-13(15)16(14)19-8-5-9-21(2)3/h6-7,10-11H,4-5,8-9H2,1-3H3,(H,19,20)/p+2. The summed E-state index contributed by atoms with van der Waals surface area (Å²) in [4.78, 5) is 16.7. The van der Waals surface area contributed by atoms with Gasteiger partial charge in [0.15, 0.2) is 6.20 Å². The molecule has 0 bridgehead atoms. The molecule has 0 aliphatic heterocycles. The minimum Gasteiger partial charge on any atom is -0.462 e. The highest BCUT2D eigenvalue weighted by molar-refractivity contribution is 6.31. The second-order valence-corrected chi connectivity index (χ2v) is 6.16. The van der Waals surface area contributed by atoms with E-state index in [-0.39, 0.29) is 5.97 Å². The molecule has 1 aromatic carbocycles. The van der Waals surface area contributed by atoms with E-state index in [1.807, 2.05) is 18.2 Å². The van der Waals surface area contributed by atoms with E-state index in [2.05, 4.69) is 24.4 Å². The van der Waals surface area contributed by atoms with Gasteiger partial charge in [-0.25, -0.2) is 9.78 Å². The van der Waals surface area contributed by atoms with E-state index in [1.165, 1.54) is 4.90 Å². The van der Waals surface area contributed by atoms with Crippen LogP contribution in [0.1, 0.15) is 23.7 Å². The number of halogens is 1. The largest absolute Gasteiger partial charge is 0.462 e. The highest BCUT2D eigenvalue weighted by Crippen LogP contribution is 2.27. The lowest BCUT2D eigenvalue weighted by atomic mass is 10.1. The van der Waals surface area contributed by atoms with Gasteiger partial charge >= 0.3 is 5.97 Å². The number of benzene rings is 1. The van der Waals surface area contributed by atoms with Gasteiger partial charge in [-0.05, 0) is 19.1 Å². The number of carbonyl (C=O) groups is 1. The van der Waals surface area contributed by atoms with E-state index >= 15 is 0 Å². The van der Waals surface area contributed by atoms with Gasteiger partial charge in [-0.1, -0.05) is 11.6 Å². The first-order valence-electron chi connectivity index (χ1n) is 7.87. The molecule has 0 aliphatic carbocycles. The third-order valence-corrected chi connectivity index (χ3v) is 3.78. The third kappa shape index (κ3) is 4.56. The second kappa shape index (κ2) is 8.13. The topological polar surface area (TPSA) is 56.9 Å². The first-order valence-corrected chi connectivity index (χ1v) is 8.24. The van der Waals surface area contributed by atoms with E-state index in [0.29, 0.717) is 17.2 Å². The molecule has 124 valence electrons. The molecule has 0 unspecified atom stereocenters. The van der Waals surface area contributed by atoms with Crippen molar-refractivity contribution in [3.8, 4) is 0 Å². The van der Waals surface area contributed by atoms with Gasteiger partial charge in [0.2, 0.25) is 5.52 Å². The lowest BCUT2D eigenvalue weighted by Crippen LogP contribution is -3.05. The molecule has 2 aromatic rings. The predicted octanol–water partition coefficient (Wildman–Crippen LogP) is 1.43. The van der Waals surface area contributed by atoms with Gasteiger partial charge in [-0.15, -0.1) is 0 Å². The van der Waals surface area contributed by atoms with Crippen LogP contribution in [0.4, 0.5) is 5.69 Å². The summed E-state index contributed by atoms with van der Waals surface area (Å²) in [6.45, 7) is 3.98. The molecule has 0 saturated carbocycles. The van der Waals surface area contributed by atoms with Crippen LogP contribution in [-0.2, 0) is 4.74 Å². The first kappa shape index (κ1) is 17.5. The summed E-state index contributed by atoms with van der Waals surface area (Å²) in [5.74, 6) is -0.341. The van der Waals surface area contributed by atoms with Gasteiger partial charge in [-0.3, -0.25) is 0 Å². The summed E-state index contributed by atoms with van der Waals surface area (Å²) in [6, 6.07) is 5.58. The molecule has 0 fully saturated rings. The van der Waals surface area contributed by atoms with Gasteiger partial charge in [-0.2, -0.15) is 0 Å². The van der Waals surface area contributed by atoms with E-state index in [9.17, 15) is 4.79 Å². The van der Waals surface area contributed by atoms with Gasteiger partial charge in [0, 0.05) is 24.1 Å². The Labute approximate surface area is 141 Å². The number of pyridine rings is 1. The maximum absolute atomic E-state index is 12.2. The molecule has 2 rings (SSSR count). The zero-order valence-corrected chi connectivity index (χ0v) is 14.6. The first-order chi connectivity index (χ1) is 11.0. The van der Waals surface area contributed by atoms with Crippen LogP contribution in [0, 0.1) is 0 Å². The zero-order valence-electron chi connectivity index (χ0n) is 13.8.